The summed E-state index contributed by atoms with van der Waals surface area (Å²) in [5.74, 6) is -0.624. The van der Waals surface area contributed by atoms with Crippen molar-refractivity contribution in [2.45, 2.75) is 5.37 Å². The molecule has 1 N–H and O–H groups in total. The zero-order chi connectivity index (χ0) is 20.4. The highest BCUT2D eigenvalue weighted by molar-refractivity contribution is 8.00. The van der Waals surface area contributed by atoms with Crippen molar-refractivity contribution < 1.29 is 14.0 Å². The van der Waals surface area contributed by atoms with Crippen molar-refractivity contribution in [2.75, 3.05) is 16.0 Å². The van der Waals surface area contributed by atoms with Gasteiger partial charge in [-0.15, -0.1) is 11.8 Å². The van der Waals surface area contributed by atoms with Gasteiger partial charge in [0.2, 0.25) is 5.91 Å². The summed E-state index contributed by atoms with van der Waals surface area (Å²) in [6, 6.07) is 20.1. The molecule has 1 aliphatic heterocycles. The predicted octanol–water partition coefficient (Wildman–Crippen LogP) is 5.51. The molecule has 0 bridgehead atoms. The Morgan fingerprint density at radius 2 is 1.86 bits per heavy atom. The van der Waals surface area contributed by atoms with Crippen LogP contribution in [0.2, 0.25) is 5.02 Å². The number of thioether (sulfide) groups is 1. The monoisotopic (exact) mass is 426 g/mol. The molecule has 146 valence electrons. The van der Waals surface area contributed by atoms with E-state index in [-0.39, 0.29) is 28.6 Å². The van der Waals surface area contributed by atoms with Gasteiger partial charge in [0.25, 0.3) is 5.91 Å². The van der Waals surface area contributed by atoms with Crippen molar-refractivity contribution in [1.29, 1.82) is 0 Å². The number of benzene rings is 3. The maximum absolute atomic E-state index is 14.3. The molecular formula is C22H16ClFN2O2S. The fourth-order valence-electron chi connectivity index (χ4n) is 3.18. The van der Waals surface area contributed by atoms with Crippen molar-refractivity contribution in [1.82, 2.24) is 0 Å². The van der Waals surface area contributed by atoms with Crippen LogP contribution in [0.5, 0.6) is 0 Å². The first-order valence-corrected chi connectivity index (χ1v) is 10.3. The van der Waals surface area contributed by atoms with E-state index in [1.165, 1.54) is 22.7 Å². The lowest BCUT2D eigenvalue weighted by atomic mass is 10.1. The van der Waals surface area contributed by atoms with Crippen LogP contribution in [0.1, 0.15) is 21.3 Å². The average Bonchev–Trinajstić information content (AvgIpc) is 3.10. The molecule has 0 spiro atoms. The number of carbonyl (C=O) groups excluding carboxylic acids is 2. The number of halogens is 2. The lowest BCUT2D eigenvalue weighted by Gasteiger charge is -2.25. The van der Waals surface area contributed by atoms with Crippen LogP contribution in [0.15, 0.2) is 72.8 Å². The van der Waals surface area contributed by atoms with Gasteiger partial charge in [0.1, 0.15) is 11.2 Å². The molecule has 1 saturated heterocycles. The number of nitrogens with zero attached hydrogens (tertiary/aromatic N) is 1. The van der Waals surface area contributed by atoms with E-state index in [0.717, 1.165) is 5.56 Å². The number of nitrogens with one attached hydrogen (secondary N) is 1. The van der Waals surface area contributed by atoms with Crippen molar-refractivity contribution in [3.63, 3.8) is 0 Å². The summed E-state index contributed by atoms with van der Waals surface area (Å²) in [5, 5.41) is 2.95. The molecule has 1 heterocycles. The molecule has 4 nitrogen and oxygen atoms in total. The van der Waals surface area contributed by atoms with Gasteiger partial charge >= 0.3 is 0 Å². The summed E-state index contributed by atoms with van der Waals surface area (Å²) in [6.07, 6.45) is 0. The van der Waals surface area contributed by atoms with E-state index in [0.29, 0.717) is 16.3 Å². The molecule has 3 aromatic carbocycles. The molecule has 2 amide bonds. The van der Waals surface area contributed by atoms with E-state index < -0.39 is 5.82 Å². The lowest BCUT2D eigenvalue weighted by Crippen LogP contribution is -2.28. The second-order valence-electron chi connectivity index (χ2n) is 6.47. The van der Waals surface area contributed by atoms with E-state index in [9.17, 15) is 14.0 Å². The minimum Gasteiger partial charge on any atom is -0.322 e. The van der Waals surface area contributed by atoms with E-state index >= 15 is 0 Å². The third-order valence-electron chi connectivity index (χ3n) is 4.50. The highest BCUT2D eigenvalue weighted by Crippen LogP contribution is 2.43. The Morgan fingerprint density at radius 1 is 1.07 bits per heavy atom. The Bertz CT molecular complexity index is 1090. The molecule has 4 rings (SSSR count). The maximum Gasteiger partial charge on any atom is 0.255 e. The van der Waals surface area contributed by atoms with Crippen molar-refractivity contribution in [3.8, 4) is 0 Å². The van der Waals surface area contributed by atoms with Crippen LogP contribution < -0.4 is 10.2 Å². The zero-order valence-corrected chi connectivity index (χ0v) is 16.7. The topological polar surface area (TPSA) is 49.4 Å². The minimum absolute atomic E-state index is 0.154. The molecule has 0 radical (unpaired) electrons. The fourth-order valence-corrected chi connectivity index (χ4v) is 4.53. The number of amides is 2. The van der Waals surface area contributed by atoms with Crippen molar-refractivity contribution in [2.24, 2.45) is 0 Å². The molecule has 0 aliphatic carbocycles. The smallest absolute Gasteiger partial charge is 0.255 e. The van der Waals surface area contributed by atoms with Gasteiger partial charge in [0, 0.05) is 16.3 Å². The van der Waals surface area contributed by atoms with Crippen LogP contribution in [0, 0.1) is 5.82 Å². The summed E-state index contributed by atoms with van der Waals surface area (Å²) in [4.78, 5) is 26.4. The maximum atomic E-state index is 14.3. The number of carbonyl (C=O) groups is 2. The molecular weight excluding hydrogens is 411 g/mol. The molecule has 1 unspecified atom stereocenters. The Balaban J connectivity index is 1.60. The molecule has 3 aromatic rings. The first-order chi connectivity index (χ1) is 14.0. The highest BCUT2D eigenvalue weighted by Gasteiger charge is 2.35. The van der Waals surface area contributed by atoms with E-state index in [2.05, 4.69) is 5.32 Å². The molecule has 1 atom stereocenters. The van der Waals surface area contributed by atoms with Gasteiger partial charge in [-0.1, -0.05) is 41.9 Å². The first-order valence-electron chi connectivity index (χ1n) is 8.88. The van der Waals surface area contributed by atoms with E-state index in [4.69, 9.17) is 11.6 Å². The lowest BCUT2D eigenvalue weighted by molar-refractivity contribution is -0.115. The third-order valence-corrected chi connectivity index (χ3v) is 5.94. The Morgan fingerprint density at radius 3 is 2.66 bits per heavy atom. The van der Waals surface area contributed by atoms with Gasteiger partial charge in [-0.2, -0.15) is 0 Å². The Hall–Kier alpha value is -2.83. The van der Waals surface area contributed by atoms with Crippen molar-refractivity contribution in [3.05, 3.63) is 94.8 Å². The van der Waals surface area contributed by atoms with Crippen molar-refractivity contribution >= 4 is 46.6 Å². The second kappa shape index (κ2) is 8.27. The molecule has 7 heteroatoms. The number of anilines is 2. The normalized spacial score (nSPS) is 16.1. The molecule has 0 aromatic heterocycles. The Labute approximate surface area is 176 Å². The van der Waals surface area contributed by atoms with Gasteiger partial charge in [-0.25, -0.2) is 4.39 Å². The van der Waals surface area contributed by atoms with Gasteiger partial charge in [0.05, 0.1) is 11.4 Å². The molecule has 1 fully saturated rings. The van der Waals surface area contributed by atoms with Crippen LogP contribution in [-0.2, 0) is 4.79 Å². The van der Waals surface area contributed by atoms with Crippen LogP contribution in [0.25, 0.3) is 0 Å². The van der Waals surface area contributed by atoms with Crippen LogP contribution in [-0.4, -0.2) is 17.6 Å². The largest absolute Gasteiger partial charge is 0.322 e. The Kier molecular flexibility index (Phi) is 5.56. The quantitative estimate of drug-likeness (QED) is 0.598. The summed E-state index contributed by atoms with van der Waals surface area (Å²) < 4.78 is 14.3. The van der Waals surface area contributed by atoms with Gasteiger partial charge < -0.3 is 5.32 Å². The summed E-state index contributed by atoms with van der Waals surface area (Å²) in [6.45, 7) is 0. The summed E-state index contributed by atoms with van der Waals surface area (Å²) >= 11 is 7.37. The predicted molar refractivity (Wildman–Crippen MR) is 115 cm³/mol. The van der Waals surface area contributed by atoms with Crippen LogP contribution in [0.3, 0.4) is 0 Å². The highest BCUT2D eigenvalue weighted by atomic mass is 35.5. The molecule has 29 heavy (non-hydrogen) atoms. The average molecular weight is 427 g/mol. The molecule has 1 aliphatic rings. The number of para-hydroxylation sites is 1. The first kappa shape index (κ1) is 19.5. The fraction of sp³-hybridized carbons (Fsp3) is 0.0909. The zero-order valence-electron chi connectivity index (χ0n) is 15.1. The van der Waals surface area contributed by atoms with Gasteiger partial charge in [-0.3, -0.25) is 14.5 Å². The summed E-state index contributed by atoms with van der Waals surface area (Å²) in [7, 11) is 0. The number of hydrogen-bond donors (Lipinski definition) is 1. The van der Waals surface area contributed by atoms with E-state index in [1.807, 2.05) is 6.07 Å². The third kappa shape index (κ3) is 4.13. The minimum atomic E-state index is -0.446. The number of hydrogen-bond acceptors (Lipinski definition) is 3. The van der Waals surface area contributed by atoms with Gasteiger partial charge in [-0.05, 0) is 48.0 Å². The molecule has 0 saturated carbocycles. The summed E-state index contributed by atoms with van der Waals surface area (Å²) in [5.41, 5.74) is 2.08. The number of rotatable bonds is 4. The standard InChI is InChI=1S/C22H16ClFN2O2S/c23-16-7-3-5-14(11-16)21(28)25-17-8-4-6-15(12-17)22-26(20(27)13-29-22)19-10-2-1-9-18(19)24/h1-12,22H,13H2,(H,25,28). The van der Waals surface area contributed by atoms with E-state index in [1.54, 1.807) is 60.7 Å². The second-order valence-corrected chi connectivity index (χ2v) is 7.97. The van der Waals surface area contributed by atoms with Crippen LogP contribution >= 0.6 is 23.4 Å². The van der Waals surface area contributed by atoms with Gasteiger partial charge in [0.15, 0.2) is 0 Å². The SMILES string of the molecule is O=C(Nc1cccc(C2SCC(=O)N2c2ccccc2F)c1)c1cccc(Cl)c1. The van der Waals surface area contributed by atoms with Crippen LogP contribution in [0.4, 0.5) is 15.8 Å².